The number of furan rings is 1. The van der Waals surface area contributed by atoms with Crippen LogP contribution in [0.15, 0.2) is 40.8 Å². The van der Waals surface area contributed by atoms with Crippen molar-refractivity contribution in [3.8, 4) is 5.75 Å². The van der Waals surface area contributed by atoms with Crippen LogP contribution < -0.4 is 0 Å². The van der Waals surface area contributed by atoms with Crippen LogP contribution in [0.2, 0.25) is 5.22 Å². The Morgan fingerprint density at radius 3 is 2.78 bits per heavy atom. The van der Waals surface area contributed by atoms with E-state index in [1.807, 2.05) is 12.1 Å². The van der Waals surface area contributed by atoms with E-state index < -0.39 is 5.60 Å². The minimum absolute atomic E-state index is 0.0589. The van der Waals surface area contributed by atoms with Crippen molar-refractivity contribution in [2.75, 3.05) is 0 Å². The quantitative estimate of drug-likeness (QED) is 0.544. The summed E-state index contributed by atoms with van der Waals surface area (Å²) in [5.41, 5.74) is 1.21. The van der Waals surface area contributed by atoms with Crippen LogP contribution in [0.25, 0.3) is 6.08 Å². The summed E-state index contributed by atoms with van der Waals surface area (Å²) in [7, 11) is 0. The molecule has 170 valence electrons. The average molecular weight is 455 g/mol. The van der Waals surface area contributed by atoms with E-state index in [-0.39, 0.29) is 22.3 Å². The molecular weight excluding hydrogens is 424 g/mol. The highest BCUT2D eigenvalue weighted by Crippen LogP contribution is 2.65. The molecule has 32 heavy (non-hydrogen) atoms. The number of rotatable bonds is 4. The highest BCUT2D eigenvalue weighted by Gasteiger charge is 2.60. The number of hydrogen-bond acceptors (Lipinski definition) is 4. The van der Waals surface area contributed by atoms with E-state index in [9.17, 15) is 15.0 Å². The topological polar surface area (TPSA) is 70.7 Å². The Bertz CT molecular complexity index is 1070. The molecule has 0 radical (unpaired) electrons. The molecule has 1 unspecified atom stereocenters. The zero-order valence-corrected chi connectivity index (χ0v) is 19.4. The molecule has 0 amide bonds. The molecule has 0 saturated heterocycles. The smallest absolute Gasteiger partial charge is 0.193 e. The van der Waals surface area contributed by atoms with Gasteiger partial charge in [0.2, 0.25) is 0 Å². The van der Waals surface area contributed by atoms with Gasteiger partial charge in [-0.3, -0.25) is 4.79 Å². The van der Waals surface area contributed by atoms with Crippen molar-refractivity contribution in [3.05, 3.63) is 58.5 Å². The number of carbonyl (C=O) groups is 1. The molecule has 5 rings (SSSR count). The maximum Gasteiger partial charge on any atom is 0.193 e. The molecule has 1 aromatic carbocycles. The summed E-state index contributed by atoms with van der Waals surface area (Å²) in [6, 6.07) is 9.19. The van der Waals surface area contributed by atoms with Gasteiger partial charge in [-0.15, -0.1) is 0 Å². The fourth-order valence-corrected chi connectivity index (χ4v) is 7.56. The molecule has 4 nitrogen and oxygen atoms in total. The number of phenolic OH excluding ortho intramolecular Hbond substituents is 1. The Morgan fingerprint density at radius 2 is 2.03 bits per heavy atom. The second-order valence-electron chi connectivity index (χ2n) is 10.5. The predicted octanol–water partition coefficient (Wildman–Crippen LogP) is 6.14. The van der Waals surface area contributed by atoms with Crippen LogP contribution in [0.3, 0.4) is 0 Å². The van der Waals surface area contributed by atoms with Crippen molar-refractivity contribution in [2.45, 2.75) is 63.9 Å². The number of ketones is 1. The Kier molecular flexibility index (Phi) is 5.29. The zero-order valence-electron chi connectivity index (χ0n) is 18.7. The molecule has 6 atom stereocenters. The molecule has 1 aromatic heterocycles. The van der Waals surface area contributed by atoms with Crippen LogP contribution in [0, 0.1) is 23.2 Å². The number of aromatic hydroxyl groups is 1. The van der Waals surface area contributed by atoms with Crippen molar-refractivity contribution >= 4 is 23.5 Å². The van der Waals surface area contributed by atoms with E-state index in [2.05, 4.69) is 13.0 Å². The van der Waals surface area contributed by atoms with Gasteiger partial charge in [0.1, 0.15) is 17.1 Å². The zero-order chi connectivity index (χ0) is 22.7. The summed E-state index contributed by atoms with van der Waals surface area (Å²) in [5, 5.41) is 21.6. The first-order valence-electron chi connectivity index (χ1n) is 11.7. The number of hydrogen-bond donors (Lipinski definition) is 2. The van der Waals surface area contributed by atoms with Gasteiger partial charge in [-0.05, 0) is 128 Å². The van der Waals surface area contributed by atoms with Crippen molar-refractivity contribution in [1.29, 1.82) is 0 Å². The van der Waals surface area contributed by atoms with E-state index in [1.54, 1.807) is 25.1 Å². The van der Waals surface area contributed by atoms with Crippen molar-refractivity contribution in [1.82, 2.24) is 0 Å². The third-order valence-corrected chi connectivity index (χ3v) is 9.08. The molecule has 3 aliphatic rings. The van der Waals surface area contributed by atoms with Crippen LogP contribution in [-0.2, 0) is 11.2 Å². The SMILES string of the molecule is C[C@](O)(C(=O)/C=C/c1ccc(Cl)o1)C1CC[C@H]2[C@@H]3CCc4cc(O)ccc4[C@H]3CC[C@]12C. The number of halogens is 1. The van der Waals surface area contributed by atoms with Gasteiger partial charge in [-0.2, -0.15) is 0 Å². The third-order valence-electron chi connectivity index (χ3n) is 8.88. The van der Waals surface area contributed by atoms with Crippen LogP contribution in [-0.4, -0.2) is 21.6 Å². The van der Waals surface area contributed by atoms with E-state index in [4.69, 9.17) is 16.0 Å². The highest BCUT2D eigenvalue weighted by molar-refractivity contribution is 6.28. The van der Waals surface area contributed by atoms with E-state index in [0.29, 0.717) is 29.3 Å². The number of aryl methyl sites for hydroxylation is 1. The van der Waals surface area contributed by atoms with Gasteiger partial charge in [-0.25, -0.2) is 0 Å². The van der Waals surface area contributed by atoms with Gasteiger partial charge in [0.05, 0.1) is 0 Å². The normalized spacial score (nSPS) is 33.4. The van der Waals surface area contributed by atoms with Gasteiger partial charge in [0.25, 0.3) is 0 Å². The summed E-state index contributed by atoms with van der Waals surface area (Å²) >= 11 is 5.81. The van der Waals surface area contributed by atoms with Crippen molar-refractivity contribution in [3.63, 3.8) is 0 Å². The van der Waals surface area contributed by atoms with Crippen LogP contribution in [0.1, 0.15) is 68.8 Å². The summed E-state index contributed by atoms with van der Waals surface area (Å²) in [6.07, 6.45) is 9.11. The monoisotopic (exact) mass is 454 g/mol. The van der Waals surface area contributed by atoms with E-state index in [1.165, 1.54) is 17.2 Å². The second-order valence-corrected chi connectivity index (χ2v) is 10.8. The number of benzene rings is 1. The molecule has 1 heterocycles. The molecule has 0 aliphatic heterocycles. The number of aliphatic hydroxyl groups is 1. The lowest BCUT2D eigenvalue weighted by molar-refractivity contribution is -0.144. The largest absolute Gasteiger partial charge is 0.508 e. The van der Waals surface area contributed by atoms with Crippen LogP contribution in [0.5, 0.6) is 5.75 Å². The Balaban J connectivity index is 1.38. The van der Waals surface area contributed by atoms with Gasteiger partial charge < -0.3 is 14.6 Å². The van der Waals surface area contributed by atoms with E-state index >= 15 is 0 Å². The molecule has 2 saturated carbocycles. The lowest BCUT2D eigenvalue weighted by Crippen LogP contribution is -2.51. The fourth-order valence-electron chi connectivity index (χ4n) is 7.41. The minimum atomic E-state index is -1.42. The number of phenols is 1. The predicted molar refractivity (Wildman–Crippen MR) is 125 cm³/mol. The molecule has 3 aliphatic carbocycles. The lowest BCUT2D eigenvalue weighted by Gasteiger charge is -2.52. The van der Waals surface area contributed by atoms with Crippen LogP contribution in [0.4, 0.5) is 0 Å². The first-order valence-corrected chi connectivity index (χ1v) is 12.1. The maximum atomic E-state index is 13.1. The molecule has 5 heteroatoms. The first-order chi connectivity index (χ1) is 15.2. The Morgan fingerprint density at radius 1 is 1.22 bits per heavy atom. The van der Waals surface area contributed by atoms with Gasteiger partial charge in [0.15, 0.2) is 11.0 Å². The molecular formula is C27H31ClO4. The average Bonchev–Trinajstić information content (AvgIpc) is 3.34. The van der Waals surface area contributed by atoms with E-state index in [0.717, 1.165) is 38.5 Å². The van der Waals surface area contributed by atoms with Crippen LogP contribution >= 0.6 is 11.6 Å². The lowest BCUT2D eigenvalue weighted by atomic mass is 9.52. The molecule has 2 aromatic rings. The summed E-state index contributed by atoms with van der Waals surface area (Å²) < 4.78 is 5.30. The van der Waals surface area contributed by atoms with Crippen molar-refractivity contribution < 1.29 is 19.4 Å². The summed E-state index contributed by atoms with van der Waals surface area (Å²) in [4.78, 5) is 13.1. The molecule has 0 spiro atoms. The maximum absolute atomic E-state index is 13.1. The third kappa shape index (κ3) is 3.43. The minimum Gasteiger partial charge on any atom is -0.508 e. The Hall–Kier alpha value is -2.04. The van der Waals surface area contributed by atoms with Gasteiger partial charge >= 0.3 is 0 Å². The highest BCUT2D eigenvalue weighted by atomic mass is 35.5. The summed E-state index contributed by atoms with van der Waals surface area (Å²) in [6.45, 7) is 3.99. The second kappa shape index (κ2) is 7.78. The molecule has 2 fully saturated rings. The van der Waals surface area contributed by atoms with Crippen molar-refractivity contribution in [2.24, 2.45) is 23.2 Å². The molecule has 2 N–H and O–H groups in total. The summed E-state index contributed by atoms with van der Waals surface area (Å²) in [5.74, 6) is 2.09. The Labute approximate surface area is 194 Å². The van der Waals surface area contributed by atoms with Gasteiger partial charge in [0, 0.05) is 5.92 Å². The molecule has 0 bridgehead atoms. The first kappa shape index (κ1) is 21.8. The standard InChI is InChI=1S/C27H31ClO4/c1-26-14-13-20-19-8-4-17(29)15-16(19)3-7-21(20)22(26)9-10-23(26)27(2,31)24(30)11-5-18-6-12-25(28)32-18/h4-6,8,11-12,15,20-23,29,31H,3,7,9-10,13-14H2,1-2H3/b11-5+/t20-,21-,22+,23?,26+,27-/m1/s1. The van der Waals surface area contributed by atoms with Gasteiger partial charge in [-0.1, -0.05) is 13.0 Å². The number of carbonyl (C=O) groups excluding carboxylic acids is 1. The fraction of sp³-hybridized carbons (Fsp3) is 0.519. The number of fused-ring (bicyclic) bond motifs is 5.